The van der Waals surface area contributed by atoms with Crippen molar-refractivity contribution in [2.75, 3.05) is 38.0 Å². The monoisotopic (exact) mass is 370 g/mol. The highest BCUT2D eigenvalue weighted by Gasteiger charge is 2.34. The van der Waals surface area contributed by atoms with Crippen LogP contribution in [0.1, 0.15) is 39.0 Å². The topological polar surface area (TPSA) is 27.7 Å². The lowest BCUT2D eigenvalue weighted by molar-refractivity contribution is -0.0801. The molecule has 0 aromatic rings. The van der Waals surface area contributed by atoms with E-state index in [2.05, 4.69) is 29.5 Å². The van der Waals surface area contributed by atoms with E-state index in [1.165, 1.54) is 32.1 Å². The van der Waals surface area contributed by atoms with Crippen LogP contribution in [0.5, 0.6) is 0 Å². The van der Waals surface area contributed by atoms with Crippen LogP contribution in [0.15, 0.2) is 0 Å². The third-order valence-electron chi connectivity index (χ3n) is 3.91. The number of alkyl halides is 1. The summed E-state index contributed by atoms with van der Waals surface area (Å²) in [6.07, 6.45) is 6.39. The highest BCUT2D eigenvalue weighted by molar-refractivity contribution is 14.1. The van der Waals surface area contributed by atoms with Crippen molar-refractivity contribution in [1.29, 1.82) is 0 Å². The van der Waals surface area contributed by atoms with Crippen LogP contribution in [0.25, 0.3) is 0 Å². The van der Waals surface area contributed by atoms with E-state index in [4.69, 9.17) is 14.2 Å². The van der Waals surface area contributed by atoms with E-state index < -0.39 is 0 Å². The summed E-state index contributed by atoms with van der Waals surface area (Å²) >= 11 is 2.47. The van der Waals surface area contributed by atoms with Gasteiger partial charge in [-0.1, -0.05) is 35.9 Å². The molecule has 108 valence electrons. The van der Waals surface area contributed by atoms with Crippen LogP contribution in [0.4, 0.5) is 0 Å². The van der Waals surface area contributed by atoms with Crippen molar-refractivity contribution in [3.8, 4) is 0 Å². The van der Waals surface area contributed by atoms with Gasteiger partial charge in [0.05, 0.1) is 32.0 Å². The van der Waals surface area contributed by atoms with Gasteiger partial charge in [-0.3, -0.25) is 0 Å². The molecule has 0 aromatic carbocycles. The molecule has 3 nitrogen and oxygen atoms in total. The lowest BCUT2D eigenvalue weighted by atomic mass is 9.79. The van der Waals surface area contributed by atoms with E-state index in [1.807, 2.05) is 0 Å². The second-order valence-corrected chi connectivity index (χ2v) is 5.88. The Balaban J connectivity index is 2.17. The van der Waals surface area contributed by atoms with Crippen molar-refractivity contribution in [1.82, 2.24) is 0 Å². The fourth-order valence-electron chi connectivity index (χ4n) is 2.49. The molecule has 0 spiro atoms. The van der Waals surface area contributed by atoms with Gasteiger partial charge in [-0.15, -0.1) is 0 Å². The highest BCUT2D eigenvalue weighted by Crippen LogP contribution is 2.37. The van der Waals surface area contributed by atoms with Gasteiger partial charge in [-0.05, 0) is 31.6 Å². The van der Waals surface area contributed by atoms with E-state index >= 15 is 0 Å². The second-order valence-electron chi connectivity index (χ2n) is 5.12. The number of ether oxygens (including phenoxy) is 3. The van der Waals surface area contributed by atoms with Crippen LogP contribution in [0.2, 0.25) is 0 Å². The molecule has 0 N–H and O–H groups in total. The average Bonchev–Trinajstić information content (AvgIpc) is 2.43. The Hall–Kier alpha value is 0.610. The summed E-state index contributed by atoms with van der Waals surface area (Å²) in [6.45, 7) is 5.01. The number of methoxy groups -OCH3 is 1. The van der Waals surface area contributed by atoms with Crippen LogP contribution >= 0.6 is 22.6 Å². The Morgan fingerprint density at radius 2 is 1.78 bits per heavy atom. The molecule has 1 saturated carbocycles. The number of halogens is 1. The first kappa shape index (κ1) is 16.7. The summed E-state index contributed by atoms with van der Waals surface area (Å²) in [4.78, 5) is 0. The molecule has 0 unspecified atom stereocenters. The predicted octanol–water partition coefficient (Wildman–Crippen LogP) is 3.44. The molecule has 1 rings (SSSR count). The Morgan fingerprint density at radius 1 is 1.11 bits per heavy atom. The molecule has 1 fully saturated rings. The second kappa shape index (κ2) is 9.50. The van der Waals surface area contributed by atoms with Crippen molar-refractivity contribution in [3.05, 3.63) is 0 Å². The maximum Gasteiger partial charge on any atom is 0.0772 e. The van der Waals surface area contributed by atoms with E-state index in [0.717, 1.165) is 10.3 Å². The SMILES string of the molecule is CCC1CCC(CI)(OCCOCCOC)CC1. The van der Waals surface area contributed by atoms with E-state index in [0.29, 0.717) is 26.4 Å². The Labute approximate surface area is 125 Å². The Bertz CT molecular complexity index is 203. The summed E-state index contributed by atoms with van der Waals surface area (Å²) in [5, 5.41) is 0. The normalized spacial score (nSPS) is 28.5. The van der Waals surface area contributed by atoms with Crippen LogP contribution in [-0.2, 0) is 14.2 Å². The smallest absolute Gasteiger partial charge is 0.0772 e. The quantitative estimate of drug-likeness (QED) is 0.354. The van der Waals surface area contributed by atoms with Gasteiger partial charge in [0.2, 0.25) is 0 Å². The molecule has 1 aliphatic carbocycles. The summed E-state index contributed by atoms with van der Waals surface area (Å²) in [7, 11) is 1.69. The average molecular weight is 370 g/mol. The zero-order valence-electron chi connectivity index (χ0n) is 11.8. The third kappa shape index (κ3) is 5.72. The minimum absolute atomic E-state index is 0.122. The highest BCUT2D eigenvalue weighted by atomic mass is 127. The minimum atomic E-state index is 0.122. The lowest BCUT2D eigenvalue weighted by Gasteiger charge is -2.38. The number of rotatable bonds is 9. The van der Waals surface area contributed by atoms with Crippen molar-refractivity contribution in [3.63, 3.8) is 0 Å². The van der Waals surface area contributed by atoms with Crippen molar-refractivity contribution >= 4 is 22.6 Å². The molecule has 0 amide bonds. The van der Waals surface area contributed by atoms with Gasteiger partial charge in [-0.25, -0.2) is 0 Å². The molecular formula is C14H27IO3. The van der Waals surface area contributed by atoms with E-state index in [1.54, 1.807) is 7.11 Å². The first-order chi connectivity index (χ1) is 8.76. The van der Waals surface area contributed by atoms with Gasteiger partial charge in [-0.2, -0.15) is 0 Å². The molecule has 0 atom stereocenters. The minimum Gasteiger partial charge on any atom is -0.382 e. The molecule has 18 heavy (non-hydrogen) atoms. The molecule has 0 heterocycles. The van der Waals surface area contributed by atoms with Crippen molar-refractivity contribution in [2.24, 2.45) is 5.92 Å². The van der Waals surface area contributed by atoms with Gasteiger partial charge in [0.1, 0.15) is 0 Å². The Morgan fingerprint density at radius 3 is 2.33 bits per heavy atom. The summed E-state index contributed by atoms with van der Waals surface area (Å²) in [6, 6.07) is 0. The third-order valence-corrected chi connectivity index (χ3v) is 5.30. The van der Waals surface area contributed by atoms with E-state index in [-0.39, 0.29) is 5.60 Å². The Kier molecular flexibility index (Phi) is 8.80. The molecule has 1 aliphatic rings. The van der Waals surface area contributed by atoms with E-state index in [9.17, 15) is 0 Å². The van der Waals surface area contributed by atoms with Crippen molar-refractivity contribution in [2.45, 2.75) is 44.6 Å². The first-order valence-electron chi connectivity index (χ1n) is 7.03. The first-order valence-corrected chi connectivity index (χ1v) is 8.55. The maximum absolute atomic E-state index is 6.12. The molecule has 0 saturated heterocycles. The molecule has 0 bridgehead atoms. The number of hydrogen-bond donors (Lipinski definition) is 0. The lowest BCUT2D eigenvalue weighted by Crippen LogP contribution is -2.39. The van der Waals surface area contributed by atoms with Gasteiger partial charge in [0, 0.05) is 11.5 Å². The molecule has 4 heteroatoms. The summed E-state index contributed by atoms with van der Waals surface area (Å²) < 4.78 is 17.6. The molecular weight excluding hydrogens is 343 g/mol. The zero-order valence-corrected chi connectivity index (χ0v) is 13.9. The number of hydrogen-bond acceptors (Lipinski definition) is 3. The van der Waals surface area contributed by atoms with Gasteiger partial charge in [0.25, 0.3) is 0 Å². The standard InChI is InChI=1S/C14H27IO3/c1-3-13-4-6-14(12-15,7-5-13)18-11-10-17-9-8-16-2/h13H,3-12H2,1-2H3. The predicted molar refractivity (Wildman–Crippen MR) is 82.5 cm³/mol. The van der Waals surface area contributed by atoms with Crippen LogP contribution in [0.3, 0.4) is 0 Å². The maximum atomic E-state index is 6.12. The van der Waals surface area contributed by atoms with Crippen LogP contribution in [-0.4, -0.2) is 43.6 Å². The van der Waals surface area contributed by atoms with Crippen LogP contribution < -0.4 is 0 Å². The molecule has 0 aliphatic heterocycles. The van der Waals surface area contributed by atoms with Crippen LogP contribution in [0, 0.1) is 5.92 Å². The summed E-state index contributed by atoms with van der Waals surface area (Å²) in [5.41, 5.74) is 0.122. The van der Waals surface area contributed by atoms with Gasteiger partial charge in [0.15, 0.2) is 0 Å². The molecule has 0 radical (unpaired) electrons. The largest absolute Gasteiger partial charge is 0.382 e. The fraction of sp³-hybridized carbons (Fsp3) is 1.00. The zero-order chi connectivity index (χ0) is 13.3. The van der Waals surface area contributed by atoms with Gasteiger partial charge >= 0.3 is 0 Å². The summed E-state index contributed by atoms with van der Waals surface area (Å²) in [5.74, 6) is 0.919. The van der Waals surface area contributed by atoms with Gasteiger partial charge < -0.3 is 14.2 Å². The molecule has 0 aromatic heterocycles. The fourth-order valence-corrected chi connectivity index (χ4v) is 3.47. The van der Waals surface area contributed by atoms with Crippen molar-refractivity contribution < 1.29 is 14.2 Å².